The maximum atomic E-state index is 13.3. The van der Waals surface area contributed by atoms with Gasteiger partial charge in [0.05, 0.1) is 16.7 Å². The van der Waals surface area contributed by atoms with Crippen molar-refractivity contribution in [3.8, 4) is 6.07 Å². The van der Waals surface area contributed by atoms with E-state index in [0.29, 0.717) is 21.8 Å². The number of nitriles is 1. The minimum Gasteiger partial charge on any atom is -0.604 e. The lowest BCUT2D eigenvalue weighted by Gasteiger charge is -2.62. The van der Waals surface area contributed by atoms with Gasteiger partial charge in [0.1, 0.15) is 11.6 Å². The van der Waals surface area contributed by atoms with E-state index in [9.17, 15) is 14.6 Å². The molecule has 2 bridgehead atoms. The van der Waals surface area contributed by atoms with Gasteiger partial charge in [-0.2, -0.15) is 15.2 Å². The predicted molar refractivity (Wildman–Crippen MR) is 125 cm³/mol. The average molecular weight is 461 g/mol. The van der Waals surface area contributed by atoms with Crippen molar-refractivity contribution in [1.29, 1.82) is 5.26 Å². The molecule has 168 valence electrons. The Morgan fingerprint density at radius 2 is 1.85 bits per heavy atom. The van der Waals surface area contributed by atoms with Crippen molar-refractivity contribution < 1.29 is 4.55 Å². The molecule has 33 heavy (non-hydrogen) atoms. The van der Waals surface area contributed by atoms with Gasteiger partial charge < -0.3 is 14.4 Å². The highest BCUT2D eigenvalue weighted by Gasteiger charge is 2.59. The highest BCUT2D eigenvalue weighted by atomic mass is 32.2. The lowest BCUT2D eigenvalue weighted by atomic mass is 9.49. The third-order valence-electron chi connectivity index (χ3n) is 7.40. The van der Waals surface area contributed by atoms with E-state index in [2.05, 4.69) is 26.8 Å². The van der Waals surface area contributed by atoms with Crippen LogP contribution in [0.3, 0.4) is 0 Å². The minimum atomic E-state index is -1.57. The molecule has 7 rings (SSSR count). The number of piperazine rings is 1. The van der Waals surface area contributed by atoms with E-state index in [-0.39, 0.29) is 21.8 Å². The largest absolute Gasteiger partial charge is 0.604 e. The van der Waals surface area contributed by atoms with Gasteiger partial charge in [-0.15, -0.1) is 0 Å². The van der Waals surface area contributed by atoms with E-state index in [0.717, 1.165) is 51.1 Å². The number of hydrogen-bond acceptors (Lipinski definition) is 7. The summed E-state index contributed by atoms with van der Waals surface area (Å²) < 4.78 is 15.0. The molecule has 4 fully saturated rings. The zero-order valence-electron chi connectivity index (χ0n) is 18.4. The minimum absolute atomic E-state index is 0.101. The monoisotopic (exact) mass is 460 g/mol. The number of hydrogen-bond donors (Lipinski definition) is 0. The van der Waals surface area contributed by atoms with Crippen LogP contribution in [-0.2, 0) is 16.7 Å². The molecule has 0 amide bonds. The lowest BCUT2D eigenvalue weighted by molar-refractivity contribution is -0.0884. The van der Waals surface area contributed by atoms with Gasteiger partial charge in [-0.05, 0) is 62.6 Å². The molecule has 1 atom stereocenters. The molecule has 1 saturated heterocycles. The number of fused-ring (bicyclic) bond motifs is 1. The molecule has 0 spiro atoms. The highest BCUT2D eigenvalue weighted by molar-refractivity contribution is 7.91. The maximum Gasteiger partial charge on any atom is 0.350 e. The molecule has 1 aliphatic heterocycles. The smallest absolute Gasteiger partial charge is 0.350 e. The van der Waals surface area contributed by atoms with E-state index < -0.39 is 11.2 Å². The molecule has 3 aliphatic carbocycles. The number of likely N-dealkylation sites (N-methyl/N-ethyl adjacent to an activating group) is 1. The normalized spacial score (nSPS) is 25.2. The quantitative estimate of drug-likeness (QED) is 0.434. The van der Waals surface area contributed by atoms with Gasteiger partial charge in [-0.3, -0.25) is 9.36 Å². The first-order valence-corrected chi connectivity index (χ1v) is 12.4. The zero-order valence-corrected chi connectivity index (χ0v) is 19.2. The van der Waals surface area contributed by atoms with Crippen LogP contribution in [0, 0.1) is 17.2 Å². The number of anilines is 1. The molecule has 3 saturated carbocycles. The Kier molecular flexibility index (Phi) is 4.73. The molecule has 4 aliphatic rings. The number of nitrogens with zero attached hydrogens (tertiary/aromatic N) is 6. The molecule has 1 unspecified atom stereocenters. The van der Waals surface area contributed by atoms with Gasteiger partial charge in [0.2, 0.25) is 0 Å². The molecule has 8 nitrogen and oxygen atoms in total. The van der Waals surface area contributed by atoms with Crippen molar-refractivity contribution in [2.45, 2.75) is 34.9 Å². The van der Waals surface area contributed by atoms with Crippen molar-refractivity contribution in [2.24, 2.45) is 5.92 Å². The topological polar surface area (TPSA) is 101 Å². The van der Waals surface area contributed by atoms with Crippen molar-refractivity contribution in [2.75, 3.05) is 38.1 Å². The van der Waals surface area contributed by atoms with E-state index >= 15 is 0 Å². The second-order valence-corrected chi connectivity index (χ2v) is 10.9. The Balaban J connectivity index is 1.34. The third-order valence-corrected chi connectivity index (χ3v) is 8.63. The van der Waals surface area contributed by atoms with Crippen LogP contribution in [0.1, 0.15) is 24.8 Å². The fraction of sp³-hybridized carbons (Fsp3) is 0.417. The molecule has 0 N–H and O–H groups in total. The number of aromatic nitrogens is 3. The Morgan fingerprint density at radius 1 is 1.15 bits per heavy atom. The first-order chi connectivity index (χ1) is 16.0. The summed E-state index contributed by atoms with van der Waals surface area (Å²) in [5, 5.41) is 10.2. The molecule has 0 radical (unpaired) electrons. The van der Waals surface area contributed by atoms with Gasteiger partial charge in [-0.25, -0.2) is 0 Å². The van der Waals surface area contributed by atoms with Crippen LogP contribution < -0.4 is 10.5 Å². The van der Waals surface area contributed by atoms with Gasteiger partial charge in [0.25, 0.3) is 5.56 Å². The molecule has 2 aromatic heterocycles. The predicted octanol–water partition coefficient (Wildman–Crippen LogP) is 2.09. The van der Waals surface area contributed by atoms with Crippen molar-refractivity contribution in [1.82, 2.24) is 19.4 Å². The zero-order chi connectivity index (χ0) is 22.7. The summed E-state index contributed by atoms with van der Waals surface area (Å²) in [7, 11) is 2.13. The second kappa shape index (κ2) is 7.55. The summed E-state index contributed by atoms with van der Waals surface area (Å²) in [6.45, 7) is 3.99. The van der Waals surface area contributed by atoms with E-state index in [1.807, 2.05) is 30.3 Å². The first-order valence-electron chi connectivity index (χ1n) is 11.3. The van der Waals surface area contributed by atoms with Crippen molar-refractivity contribution >= 4 is 27.9 Å². The van der Waals surface area contributed by atoms with Crippen molar-refractivity contribution in [3.63, 3.8) is 0 Å². The first kappa shape index (κ1) is 20.7. The van der Waals surface area contributed by atoms with Crippen LogP contribution in [0.2, 0.25) is 0 Å². The van der Waals surface area contributed by atoms with Crippen LogP contribution in [0.15, 0.2) is 51.4 Å². The van der Waals surface area contributed by atoms with Crippen molar-refractivity contribution in [3.05, 3.63) is 52.4 Å². The fourth-order valence-electron chi connectivity index (χ4n) is 5.35. The Morgan fingerprint density at radius 3 is 2.45 bits per heavy atom. The Labute approximate surface area is 194 Å². The summed E-state index contributed by atoms with van der Waals surface area (Å²) >= 11 is -1.57. The van der Waals surface area contributed by atoms with E-state index in [1.165, 1.54) is 6.07 Å². The van der Waals surface area contributed by atoms with Gasteiger partial charge in [0.15, 0.2) is 10.5 Å². The van der Waals surface area contributed by atoms with Gasteiger partial charge in [0, 0.05) is 43.4 Å². The Hall–Kier alpha value is -2.93. The molecular weight excluding hydrogens is 436 g/mol. The van der Waals surface area contributed by atoms with Crippen LogP contribution in [0.4, 0.5) is 5.69 Å². The molecule has 3 aromatic rings. The van der Waals surface area contributed by atoms with Crippen LogP contribution in [0.5, 0.6) is 0 Å². The molecule has 1 aromatic carbocycles. The van der Waals surface area contributed by atoms with Gasteiger partial charge in [-0.1, -0.05) is 0 Å². The van der Waals surface area contributed by atoms with Gasteiger partial charge >= 0.3 is 5.16 Å². The number of pyridine rings is 1. The number of rotatable bonds is 4. The molecule has 3 heterocycles. The molecular formula is C24H24N6O2S. The van der Waals surface area contributed by atoms with Crippen LogP contribution in [-0.4, -0.2) is 57.2 Å². The maximum absolute atomic E-state index is 13.3. The second-order valence-electron chi connectivity index (χ2n) is 9.50. The number of benzene rings is 1. The van der Waals surface area contributed by atoms with Crippen LogP contribution >= 0.6 is 0 Å². The Bertz CT molecular complexity index is 1320. The summed E-state index contributed by atoms with van der Waals surface area (Å²) in [6.07, 6.45) is 4.39. The lowest BCUT2D eigenvalue weighted by Crippen LogP contribution is -2.62. The highest BCUT2D eigenvalue weighted by Crippen LogP contribution is 2.62. The summed E-state index contributed by atoms with van der Waals surface area (Å²) in [5.74, 6) is 0.659. The summed E-state index contributed by atoms with van der Waals surface area (Å²) in [5.41, 5.74) is 1.14. The van der Waals surface area contributed by atoms with E-state index in [4.69, 9.17) is 0 Å². The molecule has 9 heteroatoms. The fourth-order valence-corrected chi connectivity index (χ4v) is 6.26. The average Bonchev–Trinajstić information content (AvgIpc) is 2.78. The van der Waals surface area contributed by atoms with E-state index in [1.54, 1.807) is 10.8 Å². The summed E-state index contributed by atoms with van der Waals surface area (Å²) in [4.78, 5) is 27.2. The van der Waals surface area contributed by atoms with Crippen LogP contribution in [0.25, 0.3) is 11.0 Å². The standard InChI is InChI=1S/C24H24N6O2S/c1-28-6-8-29(9-7-28)19-2-4-20(5-3-19)33(32)23-26-15-18-10-17(14-25)22(31)30(21(18)27-23)24-11-16(12-24)13-24/h2-5,10,15-16H,6-9,11-13H2,1H3. The summed E-state index contributed by atoms with van der Waals surface area (Å²) in [6, 6.07) is 11.3. The SMILES string of the molecule is CN1CCN(c2ccc([S+]([O-])c3ncc4cc(C#N)c(=O)n(C56CC(C5)C6)c4n3)cc2)CC1. The third kappa shape index (κ3) is 3.24.